The third-order valence-electron chi connectivity index (χ3n) is 2.37. The summed E-state index contributed by atoms with van der Waals surface area (Å²) < 4.78 is 13.3. The zero-order valence-electron chi connectivity index (χ0n) is 8.19. The molecule has 0 fully saturated rings. The smallest absolute Gasteiger partial charge is 0.126 e. The van der Waals surface area contributed by atoms with E-state index in [1.165, 1.54) is 6.07 Å². The van der Waals surface area contributed by atoms with Gasteiger partial charge in [-0.15, -0.1) is 0 Å². The summed E-state index contributed by atoms with van der Waals surface area (Å²) >= 11 is 1.61. The van der Waals surface area contributed by atoms with Crippen LogP contribution in [-0.2, 0) is 6.42 Å². The lowest BCUT2D eigenvalue weighted by Gasteiger charge is -2.10. The van der Waals surface area contributed by atoms with E-state index in [9.17, 15) is 4.39 Å². The summed E-state index contributed by atoms with van der Waals surface area (Å²) in [6, 6.07) is 8.63. The predicted molar refractivity (Wildman–Crippen MR) is 61.4 cm³/mol. The zero-order chi connectivity index (χ0) is 10.7. The van der Waals surface area contributed by atoms with Crippen LogP contribution in [0.25, 0.3) is 0 Å². The van der Waals surface area contributed by atoms with E-state index in [4.69, 9.17) is 5.73 Å². The molecule has 1 atom stereocenters. The highest BCUT2D eigenvalue weighted by molar-refractivity contribution is 7.07. The highest BCUT2D eigenvalue weighted by atomic mass is 32.1. The van der Waals surface area contributed by atoms with Gasteiger partial charge in [-0.25, -0.2) is 4.39 Å². The highest BCUT2D eigenvalue weighted by Crippen LogP contribution is 2.19. The maximum atomic E-state index is 13.3. The fourth-order valence-electron chi connectivity index (χ4n) is 1.50. The van der Waals surface area contributed by atoms with Crippen molar-refractivity contribution in [3.8, 4) is 0 Å². The summed E-state index contributed by atoms with van der Waals surface area (Å²) in [6.45, 7) is 0. The fraction of sp³-hybridized carbons (Fsp3) is 0.167. The van der Waals surface area contributed by atoms with E-state index in [-0.39, 0.29) is 11.9 Å². The highest BCUT2D eigenvalue weighted by Gasteiger charge is 2.09. The van der Waals surface area contributed by atoms with Crippen LogP contribution in [0, 0.1) is 5.82 Å². The molecule has 1 aromatic carbocycles. The Morgan fingerprint density at radius 1 is 1.27 bits per heavy atom. The van der Waals surface area contributed by atoms with Gasteiger partial charge < -0.3 is 5.73 Å². The van der Waals surface area contributed by atoms with Crippen LogP contribution in [0.15, 0.2) is 41.1 Å². The first-order valence-corrected chi connectivity index (χ1v) is 5.73. The van der Waals surface area contributed by atoms with Crippen molar-refractivity contribution in [2.24, 2.45) is 5.73 Å². The Bertz CT molecular complexity index is 425. The third-order valence-corrected chi connectivity index (χ3v) is 3.07. The van der Waals surface area contributed by atoms with Crippen LogP contribution in [0.2, 0.25) is 0 Å². The minimum absolute atomic E-state index is 0.117. The molecule has 2 aromatic rings. The molecule has 78 valence electrons. The number of hydrogen-bond acceptors (Lipinski definition) is 2. The van der Waals surface area contributed by atoms with Crippen LogP contribution < -0.4 is 5.73 Å². The van der Waals surface area contributed by atoms with Gasteiger partial charge in [-0.3, -0.25) is 0 Å². The minimum atomic E-state index is -0.178. The van der Waals surface area contributed by atoms with E-state index < -0.39 is 0 Å². The van der Waals surface area contributed by atoms with Gasteiger partial charge in [-0.05, 0) is 40.4 Å². The Balaban J connectivity index is 2.13. The summed E-state index contributed by atoms with van der Waals surface area (Å²) in [5, 5.41) is 3.99. The van der Waals surface area contributed by atoms with Crippen molar-refractivity contribution in [1.29, 1.82) is 0 Å². The van der Waals surface area contributed by atoms with Crippen molar-refractivity contribution in [2.45, 2.75) is 12.5 Å². The first-order valence-electron chi connectivity index (χ1n) is 4.78. The minimum Gasteiger partial charge on any atom is -0.324 e. The fourth-order valence-corrected chi connectivity index (χ4v) is 2.23. The average molecular weight is 221 g/mol. The second kappa shape index (κ2) is 4.55. The van der Waals surface area contributed by atoms with Crippen molar-refractivity contribution in [2.75, 3.05) is 0 Å². The molecule has 0 bridgehead atoms. The van der Waals surface area contributed by atoms with Crippen molar-refractivity contribution >= 4 is 11.3 Å². The number of hydrogen-bond donors (Lipinski definition) is 1. The Kier molecular flexibility index (Phi) is 3.14. The van der Waals surface area contributed by atoms with E-state index in [1.54, 1.807) is 23.5 Å². The summed E-state index contributed by atoms with van der Waals surface area (Å²) in [4.78, 5) is 0. The molecule has 1 nitrogen and oxygen atoms in total. The molecule has 2 rings (SSSR count). The summed E-state index contributed by atoms with van der Waals surface area (Å²) in [7, 11) is 0. The largest absolute Gasteiger partial charge is 0.324 e. The van der Waals surface area contributed by atoms with Crippen LogP contribution in [0.1, 0.15) is 17.2 Å². The second-order valence-corrected chi connectivity index (χ2v) is 4.24. The zero-order valence-corrected chi connectivity index (χ0v) is 9.01. The number of nitrogens with two attached hydrogens (primary N) is 1. The monoisotopic (exact) mass is 221 g/mol. The van der Waals surface area contributed by atoms with Crippen LogP contribution >= 0.6 is 11.3 Å². The Morgan fingerprint density at radius 3 is 2.73 bits per heavy atom. The molecule has 0 aliphatic heterocycles. The number of halogens is 1. The van der Waals surface area contributed by atoms with Gasteiger partial charge in [0, 0.05) is 6.04 Å². The van der Waals surface area contributed by atoms with Gasteiger partial charge in [0.05, 0.1) is 0 Å². The number of benzene rings is 1. The molecule has 0 spiro atoms. The van der Waals surface area contributed by atoms with Gasteiger partial charge >= 0.3 is 0 Å². The normalized spacial score (nSPS) is 12.7. The molecule has 2 N–H and O–H groups in total. The lowest BCUT2D eigenvalue weighted by molar-refractivity contribution is 0.593. The van der Waals surface area contributed by atoms with Crippen LogP contribution in [0.5, 0.6) is 0 Å². The van der Waals surface area contributed by atoms with E-state index in [0.29, 0.717) is 12.0 Å². The molecule has 0 amide bonds. The van der Waals surface area contributed by atoms with Gasteiger partial charge in [0.2, 0.25) is 0 Å². The first-order chi connectivity index (χ1) is 7.27. The van der Waals surface area contributed by atoms with E-state index in [1.807, 2.05) is 22.9 Å². The van der Waals surface area contributed by atoms with E-state index >= 15 is 0 Å². The van der Waals surface area contributed by atoms with Crippen molar-refractivity contribution in [3.63, 3.8) is 0 Å². The quantitative estimate of drug-likeness (QED) is 0.846. The number of thiophene rings is 1. The van der Waals surface area contributed by atoms with Crippen LogP contribution in [0.3, 0.4) is 0 Å². The molecule has 15 heavy (non-hydrogen) atoms. The van der Waals surface area contributed by atoms with E-state index in [2.05, 4.69) is 0 Å². The maximum Gasteiger partial charge on any atom is 0.126 e. The van der Waals surface area contributed by atoms with Crippen molar-refractivity contribution < 1.29 is 4.39 Å². The molecular formula is C12H12FNS. The summed E-state index contributed by atoms with van der Waals surface area (Å²) in [5.74, 6) is -0.178. The Hall–Kier alpha value is -1.19. The molecule has 1 unspecified atom stereocenters. The topological polar surface area (TPSA) is 26.0 Å². The molecule has 0 aliphatic carbocycles. The molecule has 0 saturated heterocycles. The summed E-state index contributed by atoms with van der Waals surface area (Å²) in [5.41, 5.74) is 7.73. The molecule has 3 heteroatoms. The van der Waals surface area contributed by atoms with Crippen LogP contribution in [0.4, 0.5) is 4.39 Å². The average Bonchev–Trinajstić information content (AvgIpc) is 2.74. The van der Waals surface area contributed by atoms with Crippen LogP contribution in [-0.4, -0.2) is 0 Å². The van der Waals surface area contributed by atoms with Gasteiger partial charge in [0.1, 0.15) is 5.82 Å². The number of rotatable bonds is 3. The maximum absolute atomic E-state index is 13.3. The van der Waals surface area contributed by atoms with Gasteiger partial charge in [-0.2, -0.15) is 11.3 Å². The molecular weight excluding hydrogens is 209 g/mol. The van der Waals surface area contributed by atoms with Crippen molar-refractivity contribution in [3.05, 3.63) is 58.0 Å². The molecule has 1 aromatic heterocycles. The Morgan fingerprint density at radius 2 is 2.07 bits per heavy atom. The van der Waals surface area contributed by atoms with Gasteiger partial charge in [0.25, 0.3) is 0 Å². The predicted octanol–water partition coefficient (Wildman–Crippen LogP) is 3.13. The third kappa shape index (κ3) is 2.43. The van der Waals surface area contributed by atoms with Gasteiger partial charge in [-0.1, -0.05) is 18.2 Å². The Labute approximate surface area is 92.4 Å². The lowest BCUT2D eigenvalue weighted by Crippen LogP contribution is -2.13. The molecule has 1 heterocycles. The SMILES string of the molecule is NC(Cc1ccccc1F)c1ccsc1. The standard InChI is InChI=1S/C12H12FNS/c13-11-4-2-1-3-9(11)7-12(14)10-5-6-15-8-10/h1-6,8,12H,7,14H2. The summed E-state index contributed by atoms with van der Waals surface area (Å²) in [6.07, 6.45) is 0.545. The lowest BCUT2D eigenvalue weighted by atomic mass is 10.0. The molecule has 0 aliphatic rings. The van der Waals surface area contributed by atoms with Gasteiger partial charge in [0.15, 0.2) is 0 Å². The van der Waals surface area contributed by atoms with Crippen molar-refractivity contribution in [1.82, 2.24) is 0 Å². The van der Waals surface area contributed by atoms with E-state index in [0.717, 1.165) is 5.56 Å². The molecule has 0 saturated carbocycles. The second-order valence-electron chi connectivity index (χ2n) is 3.46. The molecule has 0 radical (unpaired) electrons. The first kappa shape index (κ1) is 10.3.